The van der Waals surface area contributed by atoms with Gasteiger partial charge in [0.25, 0.3) is 5.91 Å². The second-order valence-corrected chi connectivity index (χ2v) is 6.08. The Labute approximate surface area is 134 Å². The molecular weight excluding hydrogens is 288 g/mol. The van der Waals surface area contributed by atoms with E-state index in [2.05, 4.69) is 10.1 Å². The van der Waals surface area contributed by atoms with Crippen molar-refractivity contribution in [1.29, 1.82) is 0 Å². The average Bonchev–Trinajstić information content (AvgIpc) is 3.22. The molecule has 23 heavy (non-hydrogen) atoms. The van der Waals surface area contributed by atoms with Crippen molar-refractivity contribution in [3.8, 4) is 0 Å². The maximum absolute atomic E-state index is 12.7. The number of benzene rings is 1. The van der Waals surface area contributed by atoms with Crippen LogP contribution in [0.25, 0.3) is 10.9 Å². The van der Waals surface area contributed by atoms with Crippen molar-refractivity contribution in [3.63, 3.8) is 0 Å². The molecule has 1 atom stereocenters. The monoisotopic (exact) mass is 306 g/mol. The third-order valence-electron chi connectivity index (χ3n) is 4.37. The molecule has 0 radical (unpaired) electrons. The Balaban J connectivity index is 1.54. The van der Waals surface area contributed by atoms with Gasteiger partial charge in [0.15, 0.2) is 0 Å². The van der Waals surface area contributed by atoms with Crippen molar-refractivity contribution < 1.29 is 4.79 Å². The van der Waals surface area contributed by atoms with Crippen LogP contribution in [0.4, 0.5) is 0 Å². The second kappa shape index (κ2) is 5.50. The van der Waals surface area contributed by atoms with Gasteiger partial charge in [0.2, 0.25) is 0 Å². The lowest BCUT2D eigenvalue weighted by molar-refractivity contribution is 0.0781. The zero-order chi connectivity index (χ0) is 15.8. The van der Waals surface area contributed by atoms with Gasteiger partial charge < -0.3 is 4.90 Å². The van der Waals surface area contributed by atoms with E-state index in [1.54, 1.807) is 0 Å². The number of likely N-dealkylation sites (tertiary alicyclic amines) is 1. The van der Waals surface area contributed by atoms with Crippen LogP contribution in [0, 0.1) is 6.92 Å². The number of fused-ring (bicyclic) bond motifs is 1. The molecule has 1 aromatic carbocycles. The fourth-order valence-electron chi connectivity index (χ4n) is 3.12. The van der Waals surface area contributed by atoms with Crippen molar-refractivity contribution >= 4 is 16.8 Å². The summed E-state index contributed by atoms with van der Waals surface area (Å²) in [5, 5.41) is 5.42. The first-order valence-corrected chi connectivity index (χ1v) is 7.86. The van der Waals surface area contributed by atoms with Crippen molar-refractivity contribution in [1.82, 2.24) is 19.7 Å². The predicted molar refractivity (Wildman–Crippen MR) is 88.3 cm³/mol. The Morgan fingerprint density at radius 3 is 2.91 bits per heavy atom. The van der Waals surface area contributed by atoms with Gasteiger partial charge in [-0.15, -0.1) is 0 Å². The number of hydrogen-bond acceptors (Lipinski definition) is 3. The molecule has 1 aliphatic rings. The molecule has 0 N–H and O–H groups in total. The van der Waals surface area contributed by atoms with Gasteiger partial charge >= 0.3 is 0 Å². The number of amides is 1. The van der Waals surface area contributed by atoms with Crippen LogP contribution >= 0.6 is 0 Å². The third-order valence-corrected chi connectivity index (χ3v) is 4.37. The number of rotatable bonds is 2. The highest BCUT2D eigenvalue weighted by Gasteiger charge is 2.29. The van der Waals surface area contributed by atoms with Crippen LogP contribution in [-0.2, 0) is 0 Å². The molecule has 0 spiro atoms. The normalized spacial score (nSPS) is 17.8. The maximum atomic E-state index is 12.7. The molecule has 2 aromatic heterocycles. The standard InChI is InChI=1S/C18H18N4O/c1-13-10-19-22(11-13)15-8-9-21(12-15)18(23)17-7-6-14-4-2-3-5-16(14)20-17/h2-7,10-11,15H,8-9,12H2,1H3. The Hall–Kier alpha value is -2.69. The Bertz CT molecular complexity index is 870. The van der Waals surface area contributed by atoms with Gasteiger partial charge in [0, 0.05) is 24.7 Å². The number of pyridine rings is 1. The summed E-state index contributed by atoms with van der Waals surface area (Å²) in [5.41, 5.74) is 2.52. The highest BCUT2D eigenvalue weighted by molar-refractivity contribution is 5.95. The molecule has 1 saturated heterocycles. The van der Waals surface area contributed by atoms with Crippen molar-refractivity contribution in [2.45, 2.75) is 19.4 Å². The topological polar surface area (TPSA) is 51.0 Å². The molecule has 0 bridgehead atoms. The average molecular weight is 306 g/mol. The van der Waals surface area contributed by atoms with E-state index in [0.29, 0.717) is 12.2 Å². The minimum atomic E-state index is 0.00197. The number of aromatic nitrogens is 3. The summed E-state index contributed by atoms with van der Waals surface area (Å²) >= 11 is 0. The summed E-state index contributed by atoms with van der Waals surface area (Å²) in [5.74, 6) is 0.00197. The van der Waals surface area contributed by atoms with Gasteiger partial charge in [0.05, 0.1) is 17.8 Å². The largest absolute Gasteiger partial charge is 0.335 e. The number of carbonyl (C=O) groups excluding carboxylic acids is 1. The Kier molecular flexibility index (Phi) is 3.33. The highest BCUT2D eigenvalue weighted by Crippen LogP contribution is 2.23. The molecule has 4 rings (SSSR count). The Morgan fingerprint density at radius 2 is 2.09 bits per heavy atom. The zero-order valence-corrected chi connectivity index (χ0v) is 13.0. The Morgan fingerprint density at radius 1 is 1.22 bits per heavy atom. The van der Waals surface area contributed by atoms with E-state index in [1.807, 2.05) is 65.3 Å². The summed E-state index contributed by atoms with van der Waals surface area (Å²) in [7, 11) is 0. The molecular formula is C18H18N4O. The van der Waals surface area contributed by atoms with E-state index in [-0.39, 0.29) is 11.9 Å². The fourth-order valence-corrected chi connectivity index (χ4v) is 3.12. The van der Waals surface area contributed by atoms with Crippen LogP contribution in [0.1, 0.15) is 28.5 Å². The van der Waals surface area contributed by atoms with Gasteiger partial charge in [-0.05, 0) is 31.0 Å². The molecule has 3 heterocycles. The number of nitrogens with zero attached hydrogens (tertiary/aromatic N) is 4. The molecule has 5 heteroatoms. The number of para-hydroxylation sites is 1. The molecule has 1 fully saturated rings. The SMILES string of the molecule is Cc1cnn(C2CCN(C(=O)c3ccc4ccccc4n3)C2)c1. The second-order valence-electron chi connectivity index (χ2n) is 6.08. The van der Waals surface area contributed by atoms with Crippen LogP contribution < -0.4 is 0 Å². The summed E-state index contributed by atoms with van der Waals surface area (Å²) < 4.78 is 1.97. The van der Waals surface area contributed by atoms with Gasteiger partial charge in [-0.25, -0.2) is 4.98 Å². The van der Waals surface area contributed by atoms with E-state index < -0.39 is 0 Å². The predicted octanol–water partition coefficient (Wildman–Crippen LogP) is 2.83. The quantitative estimate of drug-likeness (QED) is 0.731. The van der Waals surface area contributed by atoms with E-state index in [9.17, 15) is 4.79 Å². The summed E-state index contributed by atoms with van der Waals surface area (Å²) in [6.45, 7) is 3.46. The summed E-state index contributed by atoms with van der Waals surface area (Å²) in [6.07, 6.45) is 4.82. The number of carbonyl (C=O) groups is 1. The van der Waals surface area contributed by atoms with E-state index in [1.165, 1.54) is 0 Å². The van der Waals surface area contributed by atoms with Crippen molar-refractivity contribution in [3.05, 3.63) is 60.0 Å². The molecule has 1 aliphatic heterocycles. The highest BCUT2D eigenvalue weighted by atomic mass is 16.2. The first-order valence-electron chi connectivity index (χ1n) is 7.86. The van der Waals surface area contributed by atoms with Crippen LogP contribution in [0.2, 0.25) is 0 Å². The molecule has 5 nitrogen and oxygen atoms in total. The molecule has 1 unspecified atom stereocenters. The fraction of sp³-hybridized carbons (Fsp3) is 0.278. The minimum absolute atomic E-state index is 0.00197. The minimum Gasteiger partial charge on any atom is -0.335 e. The summed E-state index contributed by atoms with van der Waals surface area (Å²) in [4.78, 5) is 19.1. The van der Waals surface area contributed by atoms with Crippen molar-refractivity contribution in [2.75, 3.05) is 13.1 Å². The van der Waals surface area contributed by atoms with Gasteiger partial charge in [-0.1, -0.05) is 24.3 Å². The van der Waals surface area contributed by atoms with E-state index in [0.717, 1.165) is 29.4 Å². The van der Waals surface area contributed by atoms with Crippen LogP contribution in [0.3, 0.4) is 0 Å². The lowest BCUT2D eigenvalue weighted by Crippen LogP contribution is -2.29. The van der Waals surface area contributed by atoms with Crippen LogP contribution in [0.15, 0.2) is 48.8 Å². The number of aryl methyl sites for hydroxylation is 1. The van der Waals surface area contributed by atoms with Gasteiger partial charge in [-0.2, -0.15) is 5.10 Å². The molecule has 116 valence electrons. The smallest absolute Gasteiger partial charge is 0.272 e. The van der Waals surface area contributed by atoms with Crippen LogP contribution in [0.5, 0.6) is 0 Å². The lowest BCUT2D eigenvalue weighted by atomic mass is 10.2. The first kappa shape index (κ1) is 13.9. The zero-order valence-electron chi connectivity index (χ0n) is 13.0. The van der Waals surface area contributed by atoms with Gasteiger partial charge in [-0.3, -0.25) is 9.48 Å². The molecule has 3 aromatic rings. The van der Waals surface area contributed by atoms with Gasteiger partial charge in [0.1, 0.15) is 5.69 Å². The van der Waals surface area contributed by atoms with E-state index in [4.69, 9.17) is 0 Å². The maximum Gasteiger partial charge on any atom is 0.272 e. The molecule has 0 aliphatic carbocycles. The number of hydrogen-bond donors (Lipinski definition) is 0. The molecule has 0 saturated carbocycles. The molecule has 1 amide bonds. The third kappa shape index (κ3) is 2.59. The van der Waals surface area contributed by atoms with Crippen LogP contribution in [-0.4, -0.2) is 38.7 Å². The summed E-state index contributed by atoms with van der Waals surface area (Å²) in [6, 6.07) is 11.9. The first-order chi connectivity index (χ1) is 11.2. The lowest BCUT2D eigenvalue weighted by Gasteiger charge is -2.16. The van der Waals surface area contributed by atoms with Crippen molar-refractivity contribution in [2.24, 2.45) is 0 Å². The van der Waals surface area contributed by atoms with E-state index >= 15 is 0 Å².